The van der Waals surface area contributed by atoms with Crippen LogP contribution in [0.15, 0.2) is 29.2 Å². The largest absolute Gasteiger partial charge is 0.324 e. The zero-order valence-electron chi connectivity index (χ0n) is 11.1. The molecule has 0 unspecified atom stereocenters. The van der Waals surface area contributed by atoms with Crippen molar-refractivity contribution in [3.05, 3.63) is 29.8 Å². The normalized spacial score (nSPS) is 18.6. The SMILES string of the molecule is Cc1ccc(S(=O)(=O)S(=O)(=O)N2CCCSCC2)cc1. The van der Waals surface area contributed by atoms with E-state index in [0.29, 0.717) is 12.2 Å². The number of aryl methyl sites for hydroxylation is 1. The molecule has 112 valence electrons. The maximum absolute atomic E-state index is 12.4. The highest BCUT2D eigenvalue weighted by atomic mass is 33.2. The lowest BCUT2D eigenvalue weighted by Gasteiger charge is -2.19. The van der Waals surface area contributed by atoms with E-state index in [1.807, 2.05) is 6.92 Å². The van der Waals surface area contributed by atoms with Crippen LogP contribution in [0.25, 0.3) is 0 Å². The molecule has 20 heavy (non-hydrogen) atoms. The molecule has 1 aliphatic rings. The highest BCUT2D eigenvalue weighted by Gasteiger charge is 2.37. The molecule has 1 aliphatic heterocycles. The van der Waals surface area contributed by atoms with Crippen LogP contribution in [0.3, 0.4) is 0 Å². The molecule has 1 heterocycles. The Morgan fingerprint density at radius 2 is 1.65 bits per heavy atom. The van der Waals surface area contributed by atoms with Crippen LogP contribution in [0.5, 0.6) is 0 Å². The summed E-state index contributed by atoms with van der Waals surface area (Å²) >= 11 is 1.64. The molecular formula is C12H17NO4S3. The Morgan fingerprint density at radius 1 is 1.00 bits per heavy atom. The summed E-state index contributed by atoms with van der Waals surface area (Å²) in [6.45, 7) is 2.33. The van der Waals surface area contributed by atoms with Crippen molar-refractivity contribution < 1.29 is 16.8 Å². The predicted octanol–water partition coefficient (Wildman–Crippen LogP) is 1.45. The van der Waals surface area contributed by atoms with Crippen LogP contribution in [-0.4, -0.2) is 45.7 Å². The van der Waals surface area contributed by atoms with E-state index < -0.39 is 17.9 Å². The fourth-order valence-electron chi connectivity index (χ4n) is 1.91. The number of hydrogen-bond acceptors (Lipinski definition) is 5. The van der Waals surface area contributed by atoms with Gasteiger partial charge in [-0.15, -0.1) is 0 Å². The summed E-state index contributed by atoms with van der Waals surface area (Å²) in [7, 11) is -8.74. The topological polar surface area (TPSA) is 71.5 Å². The van der Waals surface area contributed by atoms with Crippen LogP contribution in [0.1, 0.15) is 12.0 Å². The first kappa shape index (κ1) is 15.8. The highest BCUT2D eigenvalue weighted by Crippen LogP contribution is 2.23. The van der Waals surface area contributed by atoms with Crippen molar-refractivity contribution >= 4 is 29.7 Å². The molecule has 1 saturated heterocycles. The molecule has 0 saturated carbocycles. The molecule has 8 heteroatoms. The Bertz CT molecular complexity index is 657. The standard InChI is InChI=1S/C12H17NO4S3/c1-11-3-5-12(6-4-11)19(14,15)20(16,17)13-7-2-9-18-10-8-13/h3-6H,2,7-10H2,1H3. The monoisotopic (exact) mass is 335 g/mol. The van der Waals surface area contributed by atoms with Gasteiger partial charge in [0.2, 0.25) is 0 Å². The van der Waals surface area contributed by atoms with Gasteiger partial charge >= 0.3 is 9.06 Å². The molecule has 1 aromatic rings. The van der Waals surface area contributed by atoms with Crippen molar-refractivity contribution in [3.63, 3.8) is 0 Å². The first-order valence-electron chi connectivity index (χ1n) is 6.25. The number of nitrogens with zero attached hydrogens (tertiary/aromatic N) is 1. The Labute approximate surface area is 123 Å². The van der Waals surface area contributed by atoms with E-state index in [1.54, 1.807) is 23.9 Å². The average molecular weight is 335 g/mol. The first-order valence-corrected chi connectivity index (χ1v) is 10.8. The maximum Gasteiger partial charge on any atom is 0.324 e. The molecule has 0 radical (unpaired) electrons. The minimum Gasteiger partial charge on any atom is -0.206 e. The van der Waals surface area contributed by atoms with Gasteiger partial charge in [0.25, 0.3) is 8.87 Å². The molecular weight excluding hydrogens is 318 g/mol. The lowest BCUT2D eigenvalue weighted by molar-refractivity contribution is 0.443. The highest BCUT2D eigenvalue weighted by molar-refractivity contribution is 8.66. The number of benzene rings is 1. The minimum absolute atomic E-state index is 0.167. The maximum atomic E-state index is 12.4. The van der Waals surface area contributed by atoms with Crippen LogP contribution < -0.4 is 0 Å². The number of rotatable bonds is 3. The Balaban J connectivity index is 2.38. The van der Waals surface area contributed by atoms with Crippen LogP contribution in [0, 0.1) is 6.92 Å². The third-order valence-electron chi connectivity index (χ3n) is 3.08. The fourth-order valence-corrected chi connectivity index (χ4v) is 6.92. The van der Waals surface area contributed by atoms with Crippen LogP contribution in [-0.2, 0) is 17.9 Å². The van der Waals surface area contributed by atoms with Gasteiger partial charge in [0.05, 0.1) is 4.90 Å². The molecule has 0 amide bonds. The summed E-state index contributed by atoms with van der Waals surface area (Å²) in [5, 5.41) is 0. The van der Waals surface area contributed by atoms with E-state index in [0.717, 1.165) is 15.6 Å². The van der Waals surface area contributed by atoms with Gasteiger partial charge in [0.15, 0.2) is 0 Å². The summed E-state index contributed by atoms with van der Waals surface area (Å²) in [5.74, 6) is 1.49. The van der Waals surface area contributed by atoms with Gasteiger partial charge in [-0.1, -0.05) is 17.7 Å². The van der Waals surface area contributed by atoms with E-state index in [9.17, 15) is 16.8 Å². The molecule has 0 bridgehead atoms. The molecule has 1 aromatic carbocycles. The lowest BCUT2D eigenvalue weighted by atomic mass is 10.2. The van der Waals surface area contributed by atoms with Gasteiger partial charge in [-0.05, 0) is 31.2 Å². The third-order valence-corrected chi connectivity index (χ3v) is 9.41. The lowest BCUT2D eigenvalue weighted by Crippen LogP contribution is -2.37. The second-order valence-electron chi connectivity index (χ2n) is 4.59. The molecule has 0 N–H and O–H groups in total. The van der Waals surface area contributed by atoms with Crippen molar-refractivity contribution in [2.75, 3.05) is 24.6 Å². The van der Waals surface area contributed by atoms with E-state index in [2.05, 4.69) is 0 Å². The second-order valence-corrected chi connectivity index (χ2v) is 11.1. The van der Waals surface area contributed by atoms with Gasteiger partial charge in [-0.3, -0.25) is 0 Å². The minimum atomic E-state index is -4.38. The van der Waals surface area contributed by atoms with E-state index in [4.69, 9.17) is 0 Å². The second kappa shape index (κ2) is 6.05. The van der Waals surface area contributed by atoms with E-state index >= 15 is 0 Å². The third kappa shape index (κ3) is 3.03. The zero-order chi connectivity index (χ0) is 14.8. The van der Waals surface area contributed by atoms with Crippen molar-refractivity contribution in [1.82, 2.24) is 4.31 Å². The Morgan fingerprint density at radius 3 is 2.30 bits per heavy atom. The van der Waals surface area contributed by atoms with Gasteiger partial charge < -0.3 is 0 Å². The molecule has 0 aromatic heterocycles. The molecule has 0 atom stereocenters. The van der Waals surface area contributed by atoms with Crippen molar-refractivity contribution in [2.45, 2.75) is 18.2 Å². The van der Waals surface area contributed by atoms with Gasteiger partial charge in [0.1, 0.15) is 0 Å². The van der Waals surface area contributed by atoms with E-state index in [1.165, 1.54) is 12.1 Å². The Kier molecular flexibility index (Phi) is 4.78. The van der Waals surface area contributed by atoms with Crippen LogP contribution in [0.2, 0.25) is 0 Å². The van der Waals surface area contributed by atoms with Gasteiger partial charge in [-0.2, -0.15) is 24.5 Å². The summed E-state index contributed by atoms with van der Waals surface area (Å²) in [4.78, 5) is -0.167. The molecule has 5 nitrogen and oxygen atoms in total. The zero-order valence-corrected chi connectivity index (χ0v) is 13.6. The fraction of sp³-hybridized carbons (Fsp3) is 0.500. The number of thioether (sulfide) groups is 1. The number of hydrogen-bond donors (Lipinski definition) is 0. The predicted molar refractivity (Wildman–Crippen MR) is 80.8 cm³/mol. The Hall–Kier alpha value is -0.570. The van der Waals surface area contributed by atoms with E-state index in [-0.39, 0.29) is 18.0 Å². The average Bonchev–Trinajstić information content (AvgIpc) is 2.68. The van der Waals surface area contributed by atoms with Crippen molar-refractivity contribution in [3.8, 4) is 0 Å². The smallest absolute Gasteiger partial charge is 0.206 e. The van der Waals surface area contributed by atoms with Crippen molar-refractivity contribution in [1.29, 1.82) is 0 Å². The summed E-state index contributed by atoms with van der Waals surface area (Å²) < 4.78 is 50.5. The summed E-state index contributed by atoms with van der Waals surface area (Å²) in [5.41, 5.74) is 0.882. The molecule has 0 spiro atoms. The quantitative estimate of drug-likeness (QED) is 0.782. The van der Waals surface area contributed by atoms with Gasteiger partial charge in [0, 0.05) is 18.8 Å². The van der Waals surface area contributed by atoms with Crippen molar-refractivity contribution in [2.24, 2.45) is 0 Å². The summed E-state index contributed by atoms with van der Waals surface area (Å²) in [6, 6.07) is 5.88. The first-order chi connectivity index (χ1) is 9.35. The van der Waals surface area contributed by atoms with Crippen LogP contribution in [0.4, 0.5) is 0 Å². The summed E-state index contributed by atoms with van der Waals surface area (Å²) in [6.07, 6.45) is 0.674. The molecule has 2 rings (SSSR count). The molecule has 0 aliphatic carbocycles. The molecule has 1 fully saturated rings. The van der Waals surface area contributed by atoms with Crippen LogP contribution >= 0.6 is 11.8 Å². The van der Waals surface area contributed by atoms with Gasteiger partial charge in [-0.25, -0.2) is 8.42 Å².